The van der Waals surface area contributed by atoms with E-state index in [0.29, 0.717) is 0 Å². The van der Waals surface area contributed by atoms with Crippen LogP contribution >= 0.6 is 0 Å². The minimum absolute atomic E-state index is 0.913. The second-order valence-corrected chi connectivity index (χ2v) is 12.0. The van der Waals surface area contributed by atoms with E-state index >= 15 is 0 Å². The number of rotatable bonds is 3. The van der Waals surface area contributed by atoms with Gasteiger partial charge in [0.2, 0.25) is 0 Å². The predicted octanol–water partition coefficient (Wildman–Crippen LogP) is 12.6. The Morgan fingerprint density at radius 3 is 1.69 bits per heavy atom. The summed E-state index contributed by atoms with van der Waals surface area (Å²) in [4.78, 5) is 0. The topological polar surface area (TPSA) is 13.1 Å². The fraction of sp³-hybridized carbons (Fsp3) is 0. The molecule has 0 fully saturated rings. The largest absolute Gasteiger partial charge is 0.456 e. The zero-order valence-electron chi connectivity index (χ0n) is 24.4. The second kappa shape index (κ2) is 9.29. The highest BCUT2D eigenvalue weighted by molar-refractivity contribution is 6.29. The van der Waals surface area contributed by atoms with Crippen molar-refractivity contribution in [2.75, 3.05) is 0 Å². The van der Waals surface area contributed by atoms with Crippen LogP contribution < -0.4 is 0 Å². The van der Waals surface area contributed by atoms with E-state index in [0.717, 1.165) is 22.1 Å². The molecule has 9 aromatic carbocycles. The van der Waals surface area contributed by atoms with Crippen LogP contribution in [0.3, 0.4) is 0 Å². The van der Waals surface area contributed by atoms with Crippen LogP contribution in [-0.2, 0) is 0 Å². The molecule has 0 N–H and O–H groups in total. The molecule has 1 heteroatoms. The first kappa shape index (κ1) is 24.5. The van der Waals surface area contributed by atoms with Gasteiger partial charge in [-0.3, -0.25) is 0 Å². The molecule has 0 aliphatic heterocycles. The van der Waals surface area contributed by atoms with Crippen molar-refractivity contribution in [2.24, 2.45) is 0 Å². The lowest BCUT2D eigenvalue weighted by molar-refractivity contribution is 0.669. The van der Waals surface area contributed by atoms with Crippen molar-refractivity contribution in [1.82, 2.24) is 0 Å². The van der Waals surface area contributed by atoms with E-state index in [4.69, 9.17) is 4.42 Å². The Kier molecular flexibility index (Phi) is 5.06. The van der Waals surface area contributed by atoms with Crippen LogP contribution in [0.5, 0.6) is 0 Å². The zero-order valence-corrected chi connectivity index (χ0v) is 24.4. The van der Waals surface area contributed by atoms with Gasteiger partial charge in [0.1, 0.15) is 11.2 Å². The molecular weight excluding hydrogens is 544 g/mol. The normalized spacial score (nSPS) is 12.0. The van der Waals surface area contributed by atoms with E-state index in [1.165, 1.54) is 76.3 Å². The molecule has 0 atom stereocenters. The van der Waals surface area contributed by atoms with Gasteiger partial charge in [0.25, 0.3) is 0 Å². The molecule has 0 spiro atoms. The molecule has 0 aliphatic carbocycles. The fourth-order valence-electron chi connectivity index (χ4n) is 7.59. The molecule has 0 amide bonds. The van der Waals surface area contributed by atoms with Crippen LogP contribution in [0.2, 0.25) is 0 Å². The minimum Gasteiger partial charge on any atom is -0.456 e. The number of hydrogen-bond donors (Lipinski definition) is 0. The summed E-state index contributed by atoms with van der Waals surface area (Å²) in [6.45, 7) is 0. The molecule has 10 aromatic rings. The number of benzene rings is 9. The highest BCUT2D eigenvalue weighted by Crippen LogP contribution is 2.45. The van der Waals surface area contributed by atoms with Gasteiger partial charge in [-0.2, -0.15) is 0 Å². The van der Waals surface area contributed by atoms with Gasteiger partial charge in [-0.05, 0) is 94.7 Å². The summed E-state index contributed by atoms with van der Waals surface area (Å²) in [5, 5.41) is 12.6. The summed E-state index contributed by atoms with van der Waals surface area (Å²) >= 11 is 0. The van der Waals surface area contributed by atoms with Crippen molar-refractivity contribution in [3.8, 4) is 33.4 Å². The third kappa shape index (κ3) is 3.56. The SMILES string of the molecule is c1ccc(-c2ccc3c(c2)oc2cccc(-c4ccc5ccc6c(-c7cccc8ccccc78)ccc7ccc4c5c76)c23)cc1. The van der Waals surface area contributed by atoms with Crippen molar-refractivity contribution < 1.29 is 4.42 Å². The van der Waals surface area contributed by atoms with Crippen LogP contribution in [0.1, 0.15) is 0 Å². The predicted molar refractivity (Wildman–Crippen MR) is 191 cm³/mol. The lowest BCUT2D eigenvalue weighted by atomic mass is 9.86. The molecule has 0 aliphatic rings. The molecule has 0 saturated carbocycles. The van der Waals surface area contributed by atoms with Crippen LogP contribution in [0, 0.1) is 0 Å². The molecule has 1 heterocycles. The molecule has 0 unspecified atom stereocenters. The maximum Gasteiger partial charge on any atom is 0.136 e. The minimum atomic E-state index is 0.913. The van der Waals surface area contributed by atoms with Crippen molar-refractivity contribution in [2.45, 2.75) is 0 Å². The summed E-state index contributed by atoms with van der Waals surface area (Å²) in [5.41, 5.74) is 9.15. The summed E-state index contributed by atoms with van der Waals surface area (Å²) in [7, 11) is 0. The molecule has 1 aromatic heterocycles. The van der Waals surface area contributed by atoms with Gasteiger partial charge in [0.15, 0.2) is 0 Å². The smallest absolute Gasteiger partial charge is 0.136 e. The molecule has 45 heavy (non-hydrogen) atoms. The third-order valence-electron chi connectivity index (χ3n) is 9.64. The summed E-state index contributed by atoms with van der Waals surface area (Å²) in [6.07, 6.45) is 0. The molecule has 10 rings (SSSR count). The van der Waals surface area contributed by atoms with E-state index in [1.807, 2.05) is 0 Å². The lowest BCUT2D eigenvalue weighted by Gasteiger charge is -2.17. The number of hydrogen-bond acceptors (Lipinski definition) is 1. The van der Waals surface area contributed by atoms with Crippen molar-refractivity contribution in [3.05, 3.63) is 158 Å². The van der Waals surface area contributed by atoms with Crippen LogP contribution in [0.25, 0.3) is 98.4 Å². The van der Waals surface area contributed by atoms with Gasteiger partial charge in [0, 0.05) is 10.8 Å². The number of furan rings is 1. The Bertz CT molecular complexity index is 2740. The van der Waals surface area contributed by atoms with E-state index in [2.05, 4.69) is 158 Å². The summed E-state index contributed by atoms with van der Waals surface area (Å²) < 4.78 is 6.50. The highest BCUT2D eigenvalue weighted by Gasteiger charge is 2.19. The second-order valence-electron chi connectivity index (χ2n) is 12.0. The van der Waals surface area contributed by atoms with Gasteiger partial charge in [-0.1, -0.05) is 140 Å². The van der Waals surface area contributed by atoms with Gasteiger partial charge in [0.05, 0.1) is 0 Å². The van der Waals surface area contributed by atoms with E-state index < -0.39 is 0 Å². The molecular formula is C44H26O. The van der Waals surface area contributed by atoms with Gasteiger partial charge in [-0.15, -0.1) is 0 Å². The maximum atomic E-state index is 6.50. The van der Waals surface area contributed by atoms with Gasteiger partial charge >= 0.3 is 0 Å². The first-order chi connectivity index (χ1) is 22.3. The summed E-state index contributed by atoms with van der Waals surface area (Å²) in [5.74, 6) is 0. The fourth-order valence-corrected chi connectivity index (χ4v) is 7.59. The Morgan fingerprint density at radius 2 is 0.889 bits per heavy atom. The first-order valence-electron chi connectivity index (χ1n) is 15.5. The number of fused-ring (bicyclic) bond motifs is 4. The third-order valence-corrected chi connectivity index (χ3v) is 9.64. The van der Waals surface area contributed by atoms with Gasteiger partial charge < -0.3 is 4.42 Å². The quantitative estimate of drug-likeness (QED) is 0.193. The van der Waals surface area contributed by atoms with E-state index in [-0.39, 0.29) is 0 Å². The summed E-state index contributed by atoms with van der Waals surface area (Å²) in [6, 6.07) is 57.3. The molecule has 1 nitrogen and oxygen atoms in total. The molecule has 0 saturated heterocycles. The standard InChI is InChI=1S/C44H26O/c1-2-8-27(9-3-1)31-20-25-39-41(26-31)45-40-15-7-14-36(44(39)40)35-22-17-30-18-23-37-34(21-16-29-19-24-38(35)43(30)42(29)37)33-13-6-11-28-10-4-5-12-32(28)33/h1-26H. The van der Waals surface area contributed by atoms with Crippen LogP contribution in [-0.4, -0.2) is 0 Å². The average Bonchev–Trinajstić information content (AvgIpc) is 3.49. The molecule has 0 bridgehead atoms. The highest BCUT2D eigenvalue weighted by atomic mass is 16.3. The van der Waals surface area contributed by atoms with Crippen molar-refractivity contribution in [3.63, 3.8) is 0 Å². The lowest BCUT2D eigenvalue weighted by Crippen LogP contribution is -1.90. The van der Waals surface area contributed by atoms with Gasteiger partial charge in [-0.25, -0.2) is 0 Å². The molecule has 0 radical (unpaired) electrons. The average molecular weight is 571 g/mol. The van der Waals surface area contributed by atoms with Crippen molar-refractivity contribution in [1.29, 1.82) is 0 Å². The van der Waals surface area contributed by atoms with Crippen LogP contribution in [0.4, 0.5) is 0 Å². The van der Waals surface area contributed by atoms with E-state index in [9.17, 15) is 0 Å². The zero-order chi connectivity index (χ0) is 29.5. The Balaban J connectivity index is 1.24. The van der Waals surface area contributed by atoms with Crippen LogP contribution in [0.15, 0.2) is 162 Å². The maximum absolute atomic E-state index is 6.50. The Morgan fingerprint density at radius 1 is 0.289 bits per heavy atom. The Labute approximate surface area is 259 Å². The first-order valence-corrected chi connectivity index (χ1v) is 15.5. The molecule has 208 valence electrons. The Hall–Kier alpha value is -5.92. The van der Waals surface area contributed by atoms with E-state index in [1.54, 1.807) is 0 Å². The van der Waals surface area contributed by atoms with Crippen molar-refractivity contribution >= 4 is 65.0 Å². The monoisotopic (exact) mass is 570 g/mol.